The van der Waals surface area contributed by atoms with E-state index in [4.69, 9.17) is 9.47 Å². The van der Waals surface area contributed by atoms with Gasteiger partial charge in [-0.15, -0.1) is 0 Å². The van der Waals surface area contributed by atoms with Crippen molar-refractivity contribution in [2.24, 2.45) is 0 Å². The normalized spacial score (nSPS) is 10.9. The largest absolute Gasteiger partial charge is 0.495 e. The van der Waals surface area contributed by atoms with E-state index < -0.39 is 28.5 Å². The number of aryl methyl sites for hydroxylation is 1. The molecule has 3 aromatic rings. The monoisotopic (exact) mass is 468 g/mol. The molecule has 1 amide bonds. The summed E-state index contributed by atoms with van der Waals surface area (Å²) >= 11 is 0. The molecule has 0 fully saturated rings. The Morgan fingerprint density at radius 3 is 2.24 bits per heavy atom. The summed E-state index contributed by atoms with van der Waals surface area (Å²) in [7, 11) is -1.02. The predicted molar refractivity (Wildman–Crippen MR) is 125 cm³/mol. The number of sulfonamides is 1. The number of nitrogens with one attached hydrogen (secondary N) is 1. The number of carbonyl (C=O) groups is 2. The van der Waals surface area contributed by atoms with Crippen LogP contribution < -0.4 is 14.4 Å². The SMILES string of the molecule is COc1ccccc1N(C)S(=O)(=O)c1ccc(C(=O)OCC(=O)Nc2ccccc2C)cc1. The lowest BCUT2D eigenvalue weighted by Gasteiger charge is -2.21. The van der Waals surface area contributed by atoms with E-state index in [9.17, 15) is 18.0 Å². The van der Waals surface area contributed by atoms with E-state index in [2.05, 4.69) is 5.32 Å². The maximum Gasteiger partial charge on any atom is 0.338 e. The minimum absolute atomic E-state index is 0.00949. The summed E-state index contributed by atoms with van der Waals surface area (Å²) in [5.74, 6) is -0.806. The van der Waals surface area contributed by atoms with Crippen LogP contribution in [0.1, 0.15) is 15.9 Å². The molecule has 3 aromatic carbocycles. The number of esters is 1. The molecule has 0 aromatic heterocycles. The third-order valence-electron chi connectivity index (χ3n) is 4.93. The summed E-state index contributed by atoms with van der Waals surface area (Å²) in [6, 6.07) is 19.3. The lowest BCUT2D eigenvalue weighted by Crippen LogP contribution is -2.27. The summed E-state index contributed by atoms with van der Waals surface area (Å²) in [5, 5.41) is 2.67. The molecule has 0 aliphatic heterocycles. The van der Waals surface area contributed by atoms with Gasteiger partial charge in [0.2, 0.25) is 0 Å². The van der Waals surface area contributed by atoms with E-state index in [0.29, 0.717) is 17.1 Å². The molecule has 3 rings (SSSR count). The Labute approximate surface area is 192 Å². The van der Waals surface area contributed by atoms with Gasteiger partial charge in [0.25, 0.3) is 15.9 Å². The molecule has 0 aliphatic rings. The minimum Gasteiger partial charge on any atom is -0.495 e. The molecule has 0 spiro atoms. The van der Waals surface area contributed by atoms with Gasteiger partial charge in [0.1, 0.15) is 5.75 Å². The molecule has 0 bridgehead atoms. The number of anilines is 2. The standard InChI is InChI=1S/C24H24N2O6S/c1-17-8-4-5-9-20(17)25-23(27)16-32-24(28)18-12-14-19(15-13-18)33(29,30)26(2)21-10-6-7-11-22(21)31-3/h4-15H,16H2,1-3H3,(H,25,27). The molecular weight excluding hydrogens is 444 g/mol. The molecule has 0 heterocycles. The second-order valence-electron chi connectivity index (χ2n) is 7.11. The number of hydrogen-bond donors (Lipinski definition) is 1. The second-order valence-corrected chi connectivity index (χ2v) is 9.08. The van der Waals surface area contributed by atoms with Crippen molar-refractivity contribution in [2.45, 2.75) is 11.8 Å². The molecule has 0 aliphatic carbocycles. The molecule has 0 radical (unpaired) electrons. The number of benzene rings is 3. The fourth-order valence-electron chi connectivity index (χ4n) is 3.05. The van der Waals surface area contributed by atoms with Crippen molar-refractivity contribution in [2.75, 3.05) is 30.4 Å². The van der Waals surface area contributed by atoms with Gasteiger partial charge in [-0.1, -0.05) is 30.3 Å². The van der Waals surface area contributed by atoms with Crippen LogP contribution in [0.5, 0.6) is 5.75 Å². The van der Waals surface area contributed by atoms with Crippen LogP contribution in [0, 0.1) is 6.92 Å². The Kier molecular flexibility index (Phi) is 7.34. The van der Waals surface area contributed by atoms with Crippen LogP contribution in [0.25, 0.3) is 0 Å². The van der Waals surface area contributed by atoms with Crippen LogP contribution >= 0.6 is 0 Å². The number of nitrogens with zero attached hydrogens (tertiary/aromatic N) is 1. The van der Waals surface area contributed by atoms with Crippen molar-refractivity contribution in [1.82, 2.24) is 0 Å². The highest BCUT2D eigenvalue weighted by Gasteiger charge is 2.24. The third-order valence-corrected chi connectivity index (χ3v) is 6.71. The van der Waals surface area contributed by atoms with Crippen molar-refractivity contribution in [3.05, 3.63) is 83.9 Å². The molecule has 1 N–H and O–H groups in total. The highest BCUT2D eigenvalue weighted by atomic mass is 32.2. The fourth-order valence-corrected chi connectivity index (χ4v) is 4.26. The first-order chi connectivity index (χ1) is 15.7. The maximum absolute atomic E-state index is 13.0. The number of rotatable bonds is 8. The van der Waals surface area contributed by atoms with Crippen LogP contribution in [0.3, 0.4) is 0 Å². The molecule has 0 atom stereocenters. The van der Waals surface area contributed by atoms with Crippen molar-refractivity contribution in [1.29, 1.82) is 0 Å². The number of ether oxygens (including phenoxy) is 2. The van der Waals surface area contributed by atoms with Gasteiger partial charge < -0.3 is 14.8 Å². The number of methoxy groups -OCH3 is 1. The summed E-state index contributed by atoms with van der Waals surface area (Å²) < 4.78 is 37.4. The molecule has 8 nitrogen and oxygen atoms in total. The van der Waals surface area contributed by atoms with E-state index in [1.807, 2.05) is 19.1 Å². The zero-order chi connectivity index (χ0) is 24.0. The lowest BCUT2D eigenvalue weighted by atomic mass is 10.2. The first kappa shape index (κ1) is 23.8. The summed E-state index contributed by atoms with van der Waals surface area (Å²) in [6.45, 7) is 1.38. The number of para-hydroxylation sites is 3. The average Bonchev–Trinajstić information content (AvgIpc) is 2.83. The predicted octanol–water partition coefficient (Wildman–Crippen LogP) is 3.62. The first-order valence-electron chi connectivity index (χ1n) is 9.98. The van der Waals surface area contributed by atoms with E-state index in [0.717, 1.165) is 9.87 Å². The van der Waals surface area contributed by atoms with E-state index in [1.54, 1.807) is 36.4 Å². The van der Waals surface area contributed by atoms with Crippen LogP contribution in [0.4, 0.5) is 11.4 Å². The van der Waals surface area contributed by atoms with Crippen LogP contribution in [-0.2, 0) is 19.6 Å². The van der Waals surface area contributed by atoms with Gasteiger partial charge in [0, 0.05) is 12.7 Å². The quantitative estimate of drug-likeness (QED) is 0.507. The Morgan fingerprint density at radius 1 is 0.939 bits per heavy atom. The van der Waals surface area contributed by atoms with Gasteiger partial charge in [-0.25, -0.2) is 13.2 Å². The molecular formula is C24H24N2O6S. The summed E-state index contributed by atoms with van der Waals surface area (Å²) in [4.78, 5) is 24.3. The van der Waals surface area contributed by atoms with Crippen LogP contribution in [-0.4, -0.2) is 41.1 Å². The van der Waals surface area contributed by atoms with Crippen LogP contribution in [0.2, 0.25) is 0 Å². The Balaban J connectivity index is 1.66. The molecule has 0 saturated heterocycles. The molecule has 33 heavy (non-hydrogen) atoms. The van der Waals surface area contributed by atoms with Crippen LogP contribution in [0.15, 0.2) is 77.7 Å². The van der Waals surface area contributed by atoms with E-state index >= 15 is 0 Å². The third kappa shape index (κ3) is 5.50. The van der Waals surface area contributed by atoms with Crippen molar-refractivity contribution >= 4 is 33.3 Å². The Bertz CT molecular complexity index is 1260. The highest BCUT2D eigenvalue weighted by molar-refractivity contribution is 7.92. The van der Waals surface area contributed by atoms with Gasteiger partial charge >= 0.3 is 5.97 Å². The number of amides is 1. The van der Waals surface area contributed by atoms with Gasteiger partial charge in [-0.2, -0.15) is 0 Å². The Morgan fingerprint density at radius 2 is 1.58 bits per heavy atom. The highest BCUT2D eigenvalue weighted by Crippen LogP contribution is 2.30. The summed E-state index contributed by atoms with van der Waals surface area (Å²) in [6.07, 6.45) is 0. The maximum atomic E-state index is 13.0. The lowest BCUT2D eigenvalue weighted by molar-refractivity contribution is -0.119. The second kappa shape index (κ2) is 10.2. The zero-order valence-corrected chi connectivity index (χ0v) is 19.3. The van der Waals surface area contributed by atoms with Gasteiger partial charge in [0.15, 0.2) is 6.61 Å². The molecule has 172 valence electrons. The zero-order valence-electron chi connectivity index (χ0n) is 18.4. The fraction of sp³-hybridized carbons (Fsp3) is 0.167. The smallest absolute Gasteiger partial charge is 0.338 e. The first-order valence-corrected chi connectivity index (χ1v) is 11.4. The molecule has 0 saturated carbocycles. The average molecular weight is 469 g/mol. The number of hydrogen-bond acceptors (Lipinski definition) is 6. The van der Waals surface area contributed by atoms with Gasteiger partial charge in [0.05, 0.1) is 23.3 Å². The molecule has 0 unspecified atom stereocenters. The van der Waals surface area contributed by atoms with E-state index in [-0.39, 0.29) is 10.5 Å². The van der Waals surface area contributed by atoms with Crippen molar-refractivity contribution in [3.8, 4) is 5.75 Å². The molecule has 9 heteroatoms. The van der Waals surface area contributed by atoms with E-state index in [1.165, 1.54) is 38.4 Å². The number of carbonyl (C=O) groups excluding carboxylic acids is 2. The van der Waals surface area contributed by atoms with Gasteiger partial charge in [-0.05, 0) is 55.0 Å². The van der Waals surface area contributed by atoms with Gasteiger partial charge in [-0.3, -0.25) is 9.10 Å². The summed E-state index contributed by atoms with van der Waals surface area (Å²) in [5.41, 5.74) is 2.01. The minimum atomic E-state index is -3.89. The topological polar surface area (TPSA) is 102 Å². The Hall–Kier alpha value is -3.85. The van der Waals surface area contributed by atoms with Crippen molar-refractivity contribution in [3.63, 3.8) is 0 Å². The van der Waals surface area contributed by atoms with Crippen molar-refractivity contribution < 1.29 is 27.5 Å².